The molecule has 0 spiro atoms. The van der Waals surface area contributed by atoms with E-state index in [1.54, 1.807) is 29.3 Å². The minimum Gasteiger partial charge on any atom is -0.331 e. The number of hydrogen-bond acceptors (Lipinski definition) is 3. The Hall–Kier alpha value is -2.87. The summed E-state index contributed by atoms with van der Waals surface area (Å²) in [5.74, 6) is -0.0877. The Morgan fingerprint density at radius 2 is 2.16 bits per heavy atom. The molecule has 1 heterocycles. The second kappa shape index (κ2) is 7.35. The molecule has 25 heavy (non-hydrogen) atoms. The third-order valence-corrected chi connectivity index (χ3v) is 3.88. The van der Waals surface area contributed by atoms with Gasteiger partial charge in [0.05, 0.1) is 28.4 Å². The molecule has 0 fully saturated rings. The van der Waals surface area contributed by atoms with E-state index < -0.39 is 0 Å². The SMILES string of the molecule is C=CCN(Cc1cccc(C#N)c1)C(=O)c1cn(C(C)(C)C)nc1C. The first-order chi connectivity index (χ1) is 11.8. The van der Waals surface area contributed by atoms with Crippen LogP contribution < -0.4 is 0 Å². The van der Waals surface area contributed by atoms with E-state index in [4.69, 9.17) is 5.26 Å². The Labute approximate surface area is 149 Å². The van der Waals surface area contributed by atoms with E-state index >= 15 is 0 Å². The molecule has 0 unspecified atom stereocenters. The minimum atomic E-state index is -0.187. The molecule has 0 bridgehead atoms. The van der Waals surface area contributed by atoms with Gasteiger partial charge in [0.1, 0.15) is 0 Å². The number of aryl methyl sites for hydroxylation is 1. The second-order valence-corrected chi connectivity index (χ2v) is 7.03. The fourth-order valence-electron chi connectivity index (χ4n) is 2.52. The van der Waals surface area contributed by atoms with Crippen LogP contribution in [0.3, 0.4) is 0 Å². The van der Waals surface area contributed by atoms with Crippen molar-refractivity contribution in [2.45, 2.75) is 39.8 Å². The van der Waals surface area contributed by atoms with Gasteiger partial charge in [-0.15, -0.1) is 6.58 Å². The zero-order valence-corrected chi connectivity index (χ0v) is 15.3. The summed E-state index contributed by atoms with van der Waals surface area (Å²) in [5, 5.41) is 13.5. The smallest absolute Gasteiger partial charge is 0.257 e. The lowest BCUT2D eigenvalue weighted by molar-refractivity contribution is 0.0762. The van der Waals surface area contributed by atoms with Gasteiger partial charge in [-0.3, -0.25) is 9.48 Å². The first-order valence-corrected chi connectivity index (χ1v) is 8.22. The number of carbonyl (C=O) groups is 1. The molecule has 0 saturated carbocycles. The van der Waals surface area contributed by atoms with Crippen LogP contribution >= 0.6 is 0 Å². The number of rotatable bonds is 5. The minimum absolute atomic E-state index is 0.0877. The van der Waals surface area contributed by atoms with Gasteiger partial charge in [-0.2, -0.15) is 10.4 Å². The maximum Gasteiger partial charge on any atom is 0.257 e. The quantitative estimate of drug-likeness (QED) is 0.783. The fourth-order valence-corrected chi connectivity index (χ4v) is 2.52. The lowest BCUT2D eigenvalue weighted by Gasteiger charge is -2.21. The summed E-state index contributed by atoms with van der Waals surface area (Å²) in [6.07, 6.45) is 3.51. The second-order valence-electron chi connectivity index (χ2n) is 7.03. The first kappa shape index (κ1) is 18.5. The van der Waals surface area contributed by atoms with Gasteiger partial charge in [-0.25, -0.2) is 0 Å². The molecule has 5 heteroatoms. The number of amides is 1. The number of aromatic nitrogens is 2. The Bertz CT molecular complexity index is 821. The highest BCUT2D eigenvalue weighted by Gasteiger charge is 2.23. The van der Waals surface area contributed by atoms with E-state index in [-0.39, 0.29) is 11.4 Å². The third kappa shape index (κ3) is 4.36. The van der Waals surface area contributed by atoms with Crippen molar-refractivity contribution in [1.29, 1.82) is 5.26 Å². The number of nitriles is 1. The summed E-state index contributed by atoms with van der Waals surface area (Å²) in [7, 11) is 0. The monoisotopic (exact) mass is 336 g/mol. The van der Waals surface area contributed by atoms with Crippen molar-refractivity contribution in [1.82, 2.24) is 14.7 Å². The van der Waals surface area contributed by atoms with Crippen LogP contribution in [0.15, 0.2) is 43.1 Å². The topological polar surface area (TPSA) is 61.9 Å². The number of nitrogens with zero attached hydrogens (tertiary/aromatic N) is 4. The highest BCUT2D eigenvalue weighted by molar-refractivity contribution is 5.95. The summed E-state index contributed by atoms with van der Waals surface area (Å²) in [5.41, 5.74) is 2.61. The molecule has 1 aromatic carbocycles. The molecule has 0 aliphatic heterocycles. The zero-order valence-electron chi connectivity index (χ0n) is 15.3. The van der Waals surface area contributed by atoms with Gasteiger partial charge in [0.25, 0.3) is 5.91 Å². The highest BCUT2D eigenvalue weighted by Crippen LogP contribution is 2.19. The first-order valence-electron chi connectivity index (χ1n) is 8.22. The van der Waals surface area contributed by atoms with Crippen LogP contribution in [-0.2, 0) is 12.1 Å². The maximum atomic E-state index is 13.0. The van der Waals surface area contributed by atoms with Crippen LogP contribution in [0.1, 0.15) is 48.0 Å². The molecule has 0 atom stereocenters. The Morgan fingerprint density at radius 3 is 2.72 bits per heavy atom. The summed E-state index contributed by atoms with van der Waals surface area (Å²) < 4.78 is 1.82. The van der Waals surface area contributed by atoms with Gasteiger partial charge in [0.2, 0.25) is 0 Å². The molecule has 0 radical (unpaired) electrons. The third-order valence-electron chi connectivity index (χ3n) is 3.88. The van der Waals surface area contributed by atoms with Crippen molar-refractivity contribution in [3.63, 3.8) is 0 Å². The molecule has 1 amide bonds. The molecular formula is C20H24N4O. The van der Waals surface area contributed by atoms with Gasteiger partial charge in [-0.1, -0.05) is 18.2 Å². The fraction of sp³-hybridized carbons (Fsp3) is 0.350. The van der Waals surface area contributed by atoms with E-state index in [9.17, 15) is 4.79 Å². The zero-order chi connectivity index (χ0) is 18.6. The van der Waals surface area contributed by atoms with Crippen LogP contribution in [0.4, 0.5) is 0 Å². The molecule has 2 rings (SSSR count). The van der Waals surface area contributed by atoms with Crippen molar-refractivity contribution in [2.75, 3.05) is 6.54 Å². The van der Waals surface area contributed by atoms with Gasteiger partial charge >= 0.3 is 0 Å². The van der Waals surface area contributed by atoms with E-state index in [1.165, 1.54) is 0 Å². The van der Waals surface area contributed by atoms with Gasteiger partial charge < -0.3 is 4.90 Å². The van der Waals surface area contributed by atoms with E-state index in [1.807, 2.05) is 44.5 Å². The molecule has 2 aromatic rings. The molecule has 0 N–H and O–H groups in total. The standard InChI is InChI=1S/C20H24N4O/c1-6-10-23(13-17-9-7-8-16(11-17)12-21)19(25)18-14-24(20(3,4)5)22-15(18)2/h6-9,11,14H,1,10,13H2,2-5H3. The number of carbonyl (C=O) groups excluding carboxylic acids is 1. The van der Waals surface area contributed by atoms with Crippen LogP contribution in [-0.4, -0.2) is 27.1 Å². The lowest BCUT2D eigenvalue weighted by Crippen LogP contribution is -2.31. The van der Waals surface area contributed by atoms with Gasteiger partial charge in [-0.05, 0) is 45.4 Å². The Kier molecular flexibility index (Phi) is 5.43. The summed E-state index contributed by atoms with van der Waals surface area (Å²) in [6.45, 7) is 12.6. The summed E-state index contributed by atoms with van der Waals surface area (Å²) in [4.78, 5) is 14.7. The predicted octanol–water partition coefficient (Wildman–Crippen LogP) is 3.65. The van der Waals surface area contributed by atoms with E-state index in [0.29, 0.717) is 29.9 Å². The number of hydrogen-bond donors (Lipinski definition) is 0. The summed E-state index contributed by atoms with van der Waals surface area (Å²) in [6, 6.07) is 9.42. The van der Waals surface area contributed by atoms with Crippen LogP contribution in [0, 0.1) is 18.3 Å². The van der Waals surface area contributed by atoms with Crippen molar-refractivity contribution in [3.05, 3.63) is 65.5 Å². The molecule has 1 aromatic heterocycles. The van der Waals surface area contributed by atoms with Gasteiger partial charge in [0.15, 0.2) is 0 Å². The van der Waals surface area contributed by atoms with Crippen molar-refractivity contribution in [2.24, 2.45) is 0 Å². The molecule has 130 valence electrons. The van der Waals surface area contributed by atoms with E-state index in [2.05, 4.69) is 17.7 Å². The van der Waals surface area contributed by atoms with Crippen LogP contribution in [0.25, 0.3) is 0 Å². The van der Waals surface area contributed by atoms with Crippen molar-refractivity contribution < 1.29 is 4.79 Å². The van der Waals surface area contributed by atoms with Crippen LogP contribution in [0.5, 0.6) is 0 Å². The normalized spacial score (nSPS) is 11.0. The predicted molar refractivity (Wildman–Crippen MR) is 98.1 cm³/mol. The molecule has 0 aliphatic carbocycles. The average Bonchev–Trinajstić information content (AvgIpc) is 2.96. The Balaban J connectivity index is 2.30. The maximum absolute atomic E-state index is 13.0. The summed E-state index contributed by atoms with van der Waals surface area (Å²) >= 11 is 0. The molecule has 0 saturated heterocycles. The molecular weight excluding hydrogens is 312 g/mol. The van der Waals surface area contributed by atoms with Crippen molar-refractivity contribution >= 4 is 5.91 Å². The van der Waals surface area contributed by atoms with Crippen molar-refractivity contribution in [3.8, 4) is 6.07 Å². The number of benzene rings is 1. The van der Waals surface area contributed by atoms with Crippen LogP contribution in [0.2, 0.25) is 0 Å². The Morgan fingerprint density at radius 1 is 1.44 bits per heavy atom. The highest BCUT2D eigenvalue weighted by atomic mass is 16.2. The van der Waals surface area contributed by atoms with E-state index in [0.717, 1.165) is 5.56 Å². The van der Waals surface area contributed by atoms with Gasteiger partial charge in [0, 0.05) is 19.3 Å². The average molecular weight is 336 g/mol. The lowest BCUT2D eigenvalue weighted by atomic mass is 10.1. The molecule has 0 aliphatic rings. The largest absolute Gasteiger partial charge is 0.331 e. The molecule has 5 nitrogen and oxygen atoms in total.